The maximum absolute atomic E-state index is 15.8. The molecule has 2 aromatic heterocycles. The number of rotatable bonds is 5. The second kappa shape index (κ2) is 10.9. The number of nitrogens with zero attached hydrogens (tertiary/aromatic N) is 4. The van der Waals surface area contributed by atoms with Crippen molar-refractivity contribution in [1.82, 2.24) is 14.5 Å². The van der Waals surface area contributed by atoms with E-state index in [0.717, 1.165) is 6.07 Å². The van der Waals surface area contributed by atoms with Crippen molar-refractivity contribution in [2.24, 2.45) is 12.8 Å². The second-order valence-corrected chi connectivity index (χ2v) is 11.2. The third-order valence-electron chi connectivity index (χ3n) is 6.65. The zero-order valence-electron chi connectivity index (χ0n) is 20.6. The van der Waals surface area contributed by atoms with Crippen molar-refractivity contribution in [3.63, 3.8) is 0 Å². The summed E-state index contributed by atoms with van der Waals surface area (Å²) in [6.45, 7) is -0.0869. The van der Waals surface area contributed by atoms with Crippen LogP contribution in [0.15, 0.2) is 35.4 Å². The fourth-order valence-electron chi connectivity index (χ4n) is 4.25. The molecule has 0 amide bonds. The summed E-state index contributed by atoms with van der Waals surface area (Å²) < 4.78 is 69.4. The van der Waals surface area contributed by atoms with Gasteiger partial charge in [0.05, 0.1) is 16.5 Å². The summed E-state index contributed by atoms with van der Waals surface area (Å²) in [5.74, 6) is -0.379. The van der Waals surface area contributed by atoms with Gasteiger partial charge in [-0.1, -0.05) is 18.2 Å². The molecule has 1 aromatic carbocycles. The Hall–Kier alpha value is -2.86. The van der Waals surface area contributed by atoms with Crippen LogP contribution in [0.4, 0.5) is 23.4 Å². The van der Waals surface area contributed by atoms with Crippen molar-refractivity contribution >= 4 is 27.7 Å². The first-order chi connectivity index (χ1) is 17.5. The number of aryl methyl sites for hydroxylation is 1. The summed E-state index contributed by atoms with van der Waals surface area (Å²) in [5.41, 5.74) is 2.30. The van der Waals surface area contributed by atoms with Gasteiger partial charge in [-0.05, 0) is 31.7 Å². The van der Waals surface area contributed by atoms with Gasteiger partial charge < -0.3 is 10.6 Å². The molecule has 37 heavy (non-hydrogen) atoms. The van der Waals surface area contributed by atoms with E-state index in [1.54, 1.807) is 7.05 Å². The van der Waals surface area contributed by atoms with E-state index in [1.807, 2.05) is 0 Å². The van der Waals surface area contributed by atoms with Crippen molar-refractivity contribution in [2.45, 2.75) is 50.4 Å². The zero-order valence-corrected chi connectivity index (χ0v) is 21.4. The fourth-order valence-corrected chi connectivity index (χ4v) is 5.55. The number of nitrogens with two attached hydrogens (primary N) is 1. The monoisotopic (exact) mass is 539 g/mol. The molecule has 5 rings (SSSR count). The molecule has 7 nitrogen and oxygen atoms in total. The Bertz CT molecular complexity index is 1370. The Labute approximate surface area is 214 Å². The molecule has 1 aliphatic carbocycles. The highest BCUT2D eigenvalue weighted by molar-refractivity contribution is 7.85. The van der Waals surface area contributed by atoms with Crippen LogP contribution >= 0.6 is 0 Å². The minimum atomic E-state index is -2.95. The van der Waals surface area contributed by atoms with Gasteiger partial charge in [-0.3, -0.25) is 13.6 Å². The summed E-state index contributed by atoms with van der Waals surface area (Å²) in [5, 5.41) is 0.367. The first-order valence-corrected chi connectivity index (χ1v) is 13.4. The highest BCUT2D eigenvalue weighted by atomic mass is 32.2. The summed E-state index contributed by atoms with van der Waals surface area (Å²) in [6, 6.07) is 5.78. The molecule has 200 valence electrons. The van der Waals surface area contributed by atoms with Crippen LogP contribution in [-0.4, -0.2) is 43.3 Å². The number of aromatic nitrogens is 3. The minimum absolute atomic E-state index is 0.0369. The van der Waals surface area contributed by atoms with Gasteiger partial charge in [0.15, 0.2) is 0 Å². The molecule has 3 aromatic rings. The molecule has 1 aliphatic heterocycles. The molecule has 2 aliphatic rings. The normalized spacial score (nSPS) is 21.6. The van der Waals surface area contributed by atoms with Crippen molar-refractivity contribution in [3.05, 3.63) is 63.5 Å². The van der Waals surface area contributed by atoms with Crippen LogP contribution in [0.3, 0.4) is 0 Å². The van der Waals surface area contributed by atoms with E-state index in [2.05, 4.69) is 9.97 Å². The Morgan fingerprint density at radius 3 is 2.49 bits per heavy atom. The summed E-state index contributed by atoms with van der Waals surface area (Å²) in [4.78, 5) is 22.9. The molecule has 0 atom stereocenters. The van der Waals surface area contributed by atoms with Crippen LogP contribution in [0.5, 0.6) is 0 Å². The highest BCUT2D eigenvalue weighted by Gasteiger charge is 2.39. The predicted octanol–water partition coefficient (Wildman–Crippen LogP) is 3.86. The van der Waals surface area contributed by atoms with E-state index >= 15 is 4.39 Å². The smallest absolute Gasteiger partial charge is 0.266 e. The molecule has 2 fully saturated rings. The molecule has 1 saturated carbocycles. The Kier molecular flexibility index (Phi) is 7.98. The van der Waals surface area contributed by atoms with Gasteiger partial charge in [0.2, 0.25) is 0 Å². The molecule has 0 unspecified atom stereocenters. The average Bonchev–Trinajstić information content (AvgIpc) is 3.66. The third kappa shape index (κ3) is 5.85. The molecule has 12 heteroatoms. The van der Waals surface area contributed by atoms with Crippen LogP contribution in [-0.2, 0) is 30.1 Å². The number of anilines is 1. The minimum Gasteiger partial charge on any atom is -0.355 e. The summed E-state index contributed by atoms with van der Waals surface area (Å²) >= 11 is 0. The van der Waals surface area contributed by atoms with Crippen molar-refractivity contribution in [2.75, 3.05) is 23.5 Å². The molecule has 1 saturated heterocycles. The number of hydrogen-bond acceptors (Lipinski definition) is 6. The van der Waals surface area contributed by atoms with Crippen LogP contribution in [0.2, 0.25) is 0 Å². The molecule has 2 N–H and O–H groups in total. The van der Waals surface area contributed by atoms with Gasteiger partial charge in [-0.25, -0.2) is 27.5 Å². The number of benzene rings is 1. The lowest BCUT2D eigenvalue weighted by atomic mass is 9.90. The molecule has 0 spiro atoms. The van der Waals surface area contributed by atoms with Gasteiger partial charge in [0, 0.05) is 54.6 Å². The van der Waals surface area contributed by atoms with Gasteiger partial charge >= 0.3 is 0 Å². The predicted molar refractivity (Wildman–Crippen MR) is 135 cm³/mol. The van der Waals surface area contributed by atoms with Crippen molar-refractivity contribution in [3.8, 4) is 0 Å². The zero-order chi connectivity index (χ0) is 26.9. The summed E-state index contributed by atoms with van der Waals surface area (Å²) in [7, 11) is 1.95. The lowest BCUT2D eigenvalue weighted by Crippen LogP contribution is -2.37. The van der Waals surface area contributed by atoms with Gasteiger partial charge in [-0.15, -0.1) is 0 Å². The van der Waals surface area contributed by atoms with Gasteiger partial charge in [0.1, 0.15) is 29.3 Å². The van der Waals surface area contributed by atoms with E-state index in [4.69, 9.17) is 5.73 Å². The van der Waals surface area contributed by atoms with E-state index in [0.29, 0.717) is 17.2 Å². The number of fused-ring (bicyclic) bond motifs is 1. The maximum Gasteiger partial charge on any atom is 0.266 e. The molecule has 0 radical (unpaired) electrons. The number of hydrogen-bond donors (Lipinski definition) is 1. The number of alkyl halides is 3. The van der Waals surface area contributed by atoms with Crippen molar-refractivity contribution < 1.29 is 21.8 Å². The molecular formula is C25H29F4N5O2S. The Morgan fingerprint density at radius 2 is 1.89 bits per heavy atom. The van der Waals surface area contributed by atoms with Crippen LogP contribution in [0, 0.1) is 5.82 Å². The lowest BCUT2D eigenvalue weighted by Gasteiger charge is -2.29. The second-order valence-electron chi connectivity index (χ2n) is 9.48. The molecular weight excluding hydrogens is 510 g/mol. The van der Waals surface area contributed by atoms with E-state index in [1.165, 1.54) is 53.9 Å². The Balaban J connectivity index is 0.000000730. The van der Waals surface area contributed by atoms with Crippen LogP contribution in [0.25, 0.3) is 11.0 Å². The SMILES string of the molecule is CN(Cc1cccc(C(F)F)c1F)c1ncnc2c1cc(C1(F)CCS(=O)CC1)c(=O)n2C.NC1CC1. The number of halogens is 4. The third-order valence-corrected chi connectivity index (χ3v) is 7.97. The molecule has 3 heterocycles. The highest BCUT2D eigenvalue weighted by Crippen LogP contribution is 2.37. The van der Waals surface area contributed by atoms with Gasteiger partial charge in [0.25, 0.3) is 12.0 Å². The van der Waals surface area contributed by atoms with E-state index in [9.17, 15) is 22.2 Å². The number of pyridine rings is 1. The van der Waals surface area contributed by atoms with Crippen LogP contribution < -0.4 is 16.2 Å². The lowest BCUT2D eigenvalue weighted by molar-refractivity contribution is 0.146. The molecule has 0 bridgehead atoms. The van der Waals surface area contributed by atoms with Crippen molar-refractivity contribution in [1.29, 1.82) is 0 Å². The first kappa shape index (κ1) is 27.2. The van der Waals surface area contributed by atoms with Gasteiger partial charge in [-0.2, -0.15) is 0 Å². The quantitative estimate of drug-likeness (QED) is 0.495. The average molecular weight is 540 g/mol. The van der Waals surface area contributed by atoms with Crippen LogP contribution in [0.1, 0.15) is 48.8 Å². The Morgan fingerprint density at radius 1 is 1.24 bits per heavy atom. The standard InChI is InChI=1S/C22H22F4N4O2S.C3H7N/c1-29(11-13-4-3-5-14(17(13)23)18(24)25)19-15-10-16(22(26)6-8-33(32)9-7-22)21(31)30(2)20(15)28-12-27-19;4-3-1-2-3/h3-5,10,12,18H,6-9,11H2,1-2H3;3H,1-2,4H2. The maximum atomic E-state index is 15.8. The topological polar surface area (TPSA) is 94.1 Å². The van der Waals surface area contributed by atoms with E-state index < -0.39 is 39.8 Å². The fraction of sp³-hybridized carbons (Fsp3) is 0.480. The van der Waals surface area contributed by atoms with E-state index in [-0.39, 0.29) is 47.7 Å². The first-order valence-electron chi connectivity index (χ1n) is 11.9. The summed E-state index contributed by atoms with van der Waals surface area (Å²) in [6.07, 6.45) is 0.738. The largest absolute Gasteiger partial charge is 0.355 e.